The molecule has 0 saturated heterocycles. The third-order valence-electron chi connectivity index (χ3n) is 4.19. The SMILES string of the molecule is O=C(c1cocn1)N1Cc2cncn2[C@H](COCc2ccncc2)C1. The molecule has 0 radical (unpaired) electrons. The number of fused-ring (bicyclic) bond motifs is 1. The molecule has 0 aromatic carbocycles. The summed E-state index contributed by atoms with van der Waals surface area (Å²) in [4.78, 5) is 26.4. The molecule has 4 heterocycles. The van der Waals surface area contributed by atoms with Gasteiger partial charge in [0.2, 0.25) is 0 Å². The fraction of sp³-hybridized carbons (Fsp3) is 0.294. The Hall–Kier alpha value is -3.00. The summed E-state index contributed by atoms with van der Waals surface area (Å²) in [7, 11) is 0. The van der Waals surface area contributed by atoms with Gasteiger partial charge in [-0.3, -0.25) is 9.78 Å². The zero-order valence-corrected chi connectivity index (χ0v) is 13.5. The fourth-order valence-electron chi connectivity index (χ4n) is 2.95. The molecule has 25 heavy (non-hydrogen) atoms. The van der Waals surface area contributed by atoms with Crippen LogP contribution in [0.15, 0.2) is 54.1 Å². The number of carbonyl (C=O) groups is 1. The number of carbonyl (C=O) groups excluding carboxylic acids is 1. The van der Waals surface area contributed by atoms with E-state index in [0.717, 1.165) is 11.3 Å². The summed E-state index contributed by atoms with van der Waals surface area (Å²) in [5.74, 6) is -0.152. The monoisotopic (exact) mass is 339 g/mol. The van der Waals surface area contributed by atoms with Gasteiger partial charge in [0.1, 0.15) is 6.26 Å². The summed E-state index contributed by atoms with van der Waals surface area (Å²) >= 11 is 0. The van der Waals surface area contributed by atoms with Crippen molar-refractivity contribution < 1.29 is 13.9 Å². The van der Waals surface area contributed by atoms with Gasteiger partial charge in [-0.15, -0.1) is 0 Å². The average molecular weight is 339 g/mol. The van der Waals surface area contributed by atoms with Crippen LogP contribution in [0.3, 0.4) is 0 Å². The molecule has 0 aliphatic carbocycles. The van der Waals surface area contributed by atoms with E-state index >= 15 is 0 Å². The lowest BCUT2D eigenvalue weighted by Gasteiger charge is -2.34. The van der Waals surface area contributed by atoms with Crippen LogP contribution in [0.25, 0.3) is 0 Å². The van der Waals surface area contributed by atoms with Crippen LogP contribution < -0.4 is 0 Å². The van der Waals surface area contributed by atoms with Crippen LogP contribution in [0.5, 0.6) is 0 Å². The topological polar surface area (TPSA) is 86.3 Å². The number of nitrogens with zero attached hydrogens (tertiary/aromatic N) is 5. The Kier molecular flexibility index (Phi) is 4.26. The van der Waals surface area contributed by atoms with E-state index in [0.29, 0.717) is 32.0 Å². The number of imidazole rings is 1. The smallest absolute Gasteiger partial charge is 0.276 e. The lowest BCUT2D eigenvalue weighted by atomic mass is 10.2. The average Bonchev–Trinajstić information content (AvgIpc) is 3.33. The minimum Gasteiger partial charge on any atom is -0.451 e. The Morgan fingerprint density at radius 3 is 3.00 bits per heavy atom. The van der Waals surface area contributed by atoms with E-state index in [1.54, 1.807) is 29.8 Å². The van der Waals surface area contributed by atoms with Crippen molar-refractivity contribution in [1.29, 1.82) is 0 Å². The van der Waals surface area contributed by atoms with E-state index in [1.165, 1.54) is 12.7 Å². The Bertz CT molecular complexity index is 831. The van der Waals surface area contributed by atoms with Gasteiger partial charge in [-0.05, 0) is 17.7 Å². The summed E-state index contributed by atoms with van der Waals surface area (Å²) < 4.78 is 12.8. The lowest BCUT2D eigenvalue weighted by Crippen LogP contribution is -2.42. The van der Waals surface area contributed by atoms with Crippen LogP contribution in [-0.4, -0.2) is 43.5 Å². The molecule has 1 atom stereocenters. The van der Waals surface area contributed by atoms with Crippen LogP contribution in [0.4, 0.5) is 0 Å². The maximum Gasteiger partial charge on any atom is 0.276 e. The van der Waals surface area contributed by atoms with E-state index in [9.17, 15) is 4.79 Å². The molecule has 0 fully saturated rings. The zero-order valence-electron chi connectivity index (χ0n) is 13.5. The first-order chi connectivity index (χ1) is 12.3. The molecular formula is C17H17N5O3. The van der Waals surface area contributed by atoms with Gasteiger partial charge in [0.05, 0.1) is 37.8 Å². The molecule has 0 N–H and O–H groups in total. The highest BCUT2D eigenvalue weighted by Crippen LogP contribution is 2.23. The number of amides is 1. The second-order valence-electron chi connectivity index (χ2n) is 5.88. The Labute approximate surface area is 144 Å². The largest absolute Gasteiger partial charge is 0.451 e. The molecule has 3 aromatic rings. The fourth-order valence-corrected chi connectivity index (χ4v) is 2.95. The Morgan fingerprint density at radius 2 is 2.20 bits per heavy atom. The molecular weight excluding hydrogens is 322 g/mol. The Balaban J connectivity index is 1.44. The van der Waals surface area contributed by atoms with Crippen molar-refractivity contribution in [3.8, 4) is 0 Å². The van der Waals surface area contributed by atoms with Crippen molar-refractivity contribution in [2.24, 2.45) is 0 Å². The minimum absolute atomic E-state index is 0.00365. The van der Waals surface area contributed by atoms with Crippen LogP contribution in [-0.2, 0) is 17.9 Å². The maximum atomic E-state index is 12.6. The van der Waals surface area contributed by atoms with Crippen molar-refractivity contribution in [2.45, 2.75) is 19.2 Å². The third kappa shape index (κ3) is 3.29. The molecule has 0 spiro atoms. The van der Waals surface area contributed by atoms with Gasteiger partial charge < -0.3 is 18.6 Å². The first-order valence-corrected chi connectivity index (χ1v) is 7.96. The standard InChI is InChI=1S/C17H17N5O3/c23-17(16-10-25-12-20-16)21-6-14-5-19-11-22(14)15(7-21)9-24-8-13-1-3-18-4-2-13/h1-5,10-12,15H,6-9H2/t15-/m0/s1. The second-order valence-corrected chi connectivity index (χ2v) is 5.88. The zero-order chi connectivity index (χ0) is 17.1. The number of hydrogen-bond acceptors (Lipinski definition) is 6. The predicted octanol–water partition coefficient (Wildman–Crippen LogP) is 1.68. The molecule has 8 heteroatoms. The van der Waals surface area contributed by atoms with E-state index in [1.807, 2.05) is 12.1 Å². The summed E-state index contributed by atoms with van der Waals surface area (Å²) in [5, 5.41) is 0. The van der Waals surface area contributed by atoms with E-state index < -0.39 is 0 Å². The predicted molar refractivity (Wildman–Crippen MR) is 86.4 cm³/mol. The van der Waals surface area contributed by atoms with Gasteiger partial charge >= 0.3 is 0 Å². The highest BCUT2D eigenvalue weighted by Gasteiger charge is 2.29. The number of pyridine rings is 1. The van der Waals surface area contributed by atoms with Crippen LogP contribution in [0.2, 0.25) is 0 Å². The van der Waals surface area contributed by atoms with Gasteiger partial charge in [0.25, 0.3) is 5.91 Å². The molecule has 4 rings (SSSR count). The third-order valence-corrected chi connectivity index (χ3v) is 4.19. The van der Waals surface area contributed by atoms with Gasteiger partial charge in [-0.25, -0.2) is 9.97 Å². The van der Waals surface area contributed by atoms with Gasteiger partial charge in [-0.1, -0.05) is 0 Å². The number of aromatic nitrogens is 4. The van der Waals surface area contributed by atoms with Crippen LogP contribution in [0.1, 0.15) is 27.8 Å². The van der Waals surface area contributed by atoms with E-state index in [2.05, 4.69) is 19.5 Å². The highest BCUT2D eigenvalue weighted by atomic mass is 16.5. The van der Waals surface area contributed by atoms with Crippen molar-refractivity contribution in [3.63, 3.8) is 0 Å². The van der Waals surface area contributed by atoms with Gasteiger partial charge in [0.15, 0.2) is 12.1 Å². The number of ether oxygens (including phenoxy) is 1. The molecule has 8 nitrogen and oxygen atoms in total. The first-order valence-electron chi connectivity index (χ1n) is 7.96. The minimum atomic E-state index is -0.152. The molecule has 0 unspecified atom stereocenters. The van der Waals surface area contributed by atoms with Crippen molar-refractivity contribution >= 4 is 5.91 Å². The summed E-state index contributed by atoms with van der Waals surface area (Å²) in [6.45, 7) is 2.01. The van der Waals surface area contributed by atoms with E-state index in [-0.39, 0.29) is 11.9 Å². The number of rotatable bonds is 5. The number of hydrogen-bond donors (Lipinski definition) is 0. The van der Waals surface area contributed by atoms with Crippen molar-refractivity contribution in [1.82, 2.24) is 24.4 Å². The number of oxazole rings is 1. The first kappa shape index (κ1) is 15.5. The van der Waals surface area contributed by atoms with Crippen molar-refractivity contribution in [3.05, 3.63) is 66.7 Å². The van der Waals surface area contributed by atoms with Crippen molar-refractivity contribution in [2.75, 3.05) is 13.2 Å². The normalized spacial score (nSPS) is 16.6. The Morgan fingerprint density at radius 1 is 1.32 bits per heavy atom. The lowest BCUT2D eigenvalue weighted by molar-refractivity contribution is 0.0477. The summed E-state index contributed by atoms with van der Waals surface area (Å²) in [6, 6.07) is 3.84. The van der Waals surface area contributed by atoms with Gasteiger partial charge in [0, 0.05) is 25.1 Å². The summed E-state index contributed by atoms with van der Waals surface area (Å²) in [5.41, 5.74) is 2.34. The highest BCUT2D eigenvalue weighted by molar-refractivity contribution is 5.91. The quantitative estimate of drug-likeness (QED) is 0.703. The molecule has 128 valence electrons. The van der Waals surface area contributed by atoms with E-state index in [4.69, 9.17) is 9.15 Å². The molecule has 1 aliphatic rings. The molecule has 1 aliphatic heterocycles. The molecule has 0 saturated carbocycles. The molecule has 3 aromatic heterocycles. The van der Waals surface area contributed by atoms with Crippen LogP contribution >= 0.6 is 0 Å². The van der Waals surface area contributed by atoms with Gasteiger partial charge in [-0.2, -0.15) is 0 Å². The maximum absolute atomic E-state index is 12.6. The second kappa shape index (κ2) is 6.86. The molecule has 1 amide bonds. The summed E-state index contributed by atoms with van der Waals surface area (Å²) in [6.07, 6.45) is 9.67. The molecule has 0 bridgehead atoms. The van der Waals surface area contributed by atoms with Crippen LogP contribution in [0, 0.1) is 0 Å².